The predicted octanol–water partition coefficient (Wildman–Crippen LogP) is 4.70. The molecule has 2 atom stereocenters. The van der Waals surface area contributed by atoms with Crippen molar-refractivity contribution in [2.75, 3.05) is 6.79 Å². The monoisotopic (exact) mass is 373 g/mol. The van der Waals surface area contributed by atoms with Gasteiger partial charge in [-0.05, 0) is 55.6 Å². The number of amides is 1. The summed E-state index contributed by atoms with van der Waals surface area (Å²) in [6.45, 7) is 0.780. The van der Waals surface area contributed by atoms with Crippen molar-refractivity contribution in [1.82, 2.24) is 4.90 Å². The van der Waals surface area contributed by atoms with Crippen molar-refractivity contribution in [2.45, 2.75) is 57.5 Å². The van der Waals surface area contributed by atoms with Gasteiger partial charge in [0.2, 0.25) is 12.7 Å². The number of hydrogen-bond acceptors (Lipinski definition) is 3. The molecule has 1 aromatic carbocycles. The van der Waals surface area contributed by atoms with Crippen molar-refractivity contribution < 1.29 is 14.3 Å². The molecule has 0 aromatic heterocycles. The van der Waals surface area contributed by atoms with Crippen molar-refractivity contribution in [2.24, 2.45) is 11.8 Å². The van der Waals surface area contributed by atoms with Crippen LogP contribution in [0.1, 0.15) is 50.5 Å². The van der Waals surface area contributed by atoms with Crippen LogP contribution in [0.2, 0.25) is 5.02 Å². The van der Waals surface area contributed by atoms with Crippen LogP contribution < -0.4 is 9.47 Å². The molecule has 4 nitrogen and oxygen atoms in total. The number of rotatable bonds is 4. The van der Waals surface area contributed by atoms with Crippen molar-refractivity contribution in [3.63, 3.8) is 0 Å². The summed E-state index contributed by atoms with van der Waals surface area (Å²) in [6.07, 6.45) is 10.4. The number of carbonyl (C=O) groups is 1. The molecular weight excluding hydrogens is 350 g/mol. The van der Waals surface area contributed by atoms with Gasteiger partial charge in [-0.1, -0.05) is 30.5 Å². The van der Waals surface area contributed by atoms with Gasteiger partial charge in [0.1, 0.15) is 0 Å². The van der Waals surface area contributed by atoms with Crippen LogP contribution in [-0.2, 0) is 11.3 Å². The van der Waals surface area contributed by atoms with Gasteiger partial charge >= 0.3 is 0 Å². The molecule has 0 radical (unpaired) electrons. The van der Waals surface area contributed by atoms with Crippen LogP contribution in [0.3, 0.4) is 0 Å². The maximum absolute atomic E-state index is 13.4. The minimum Gasteiger partial charge on any atom is -0.454 e. The molecule has 1 aromatic rings. The zero-order valence-corrected chi connectivity index (χ0v) is 15.6. The molecular formula is C21H24ClNO3. The smallest absolute Gasteiger partial charge is 0.250 e. The molecule has 2 bridgehead atoms. The van der Waals surface area contributed by atoms with Crippen LogP contribution in [0.5, 0.6) is 11.5 Å². The third-order valence-electron chi connectivity index (χ3n) is 6.27. The lowest BCUT2D eigenvalue weighted by molar-refractivity contribution is -0.129. The summed E-state index contributed by atoms with van der Waals surface area (Å²) in [5.41, 5.74) is 2.00. The van der Waals surface area contributed by atoms with Crippen molar-refractivity contribution in [3.05, 3.63) is 34.4 Å². The van der Waals surface area contributed by atoms with Gasteiger partial charge in [0.25, 0.3) is 0 Å². The van der Waals surface area contributed by atoms with Crippen molar-refractivity contribution in [1.29, 1.82) is 0 Å². The maximum atomic E-state index is 13.4. The molecule has 5 heteroatoms. The normalized spacial score (nSPS) is 26.4. The van der Waals surface area contributed by atoms with E-state index in [2.05, 4.69) is 6.08 Å². The number of ether oxygens (including phenoxy) is 2. The first-order valence-electron chi connectivity index (χ1n) is 9.78. The second-order valence-electron chi connectivity index (χ2n) is 8.09. The molecule has 4 aliphatic rings. The standard InChI is InChI=1S/C21H24ClNO3/c22-18-10-20-19(25-12-26-20)9-15(18)11-23(16-5-6-16)21(24)17-7-4-13-2-1-3-14(17)8-13/h7,9-10,13-14,16H,1-6,8,11-12H2. The molecule has 2 fully saturated rings. The van der Waals surface area contributed by atoms with Crippen molar-refractivity contribution in [3.8, 4) is 11.5 Å². The Morgan fingerprint density at radius 1 is 1.15 bits per heavy atom. The van der Waals surface area contributed by atoms with E-state index in [1.54, 1.807) is 6.07 Å². The first-order chi connectivity index (χ1) is 12.7. The maximum Gasteiger partial charge on any atom is 0.250 e. The first-order valence-corrected chi connectivity index (χ1v) is 10.2. The Morgan fingerprint density at radius 2 is 1.96 bits per heavy atom. The lowest BCUT2D eigenvalue weighted by Gasteiger charge is -2.36. The molecule has 5 rings (SSSR count). The highest BCUT2D eigenvalue weighted by Gasteiger charge is 2.38. The molecule has 3 aliphatic carbocycles. The molecule has 2 unspecified atom stereocenters. The fourth-order valence-corrected chi connectivity index (χ4v) is 4.91. The molecule has 26 heavy (non-hydrogen) atoms. The van der Waals surface area contributed by atoms with E-state index in [4.69, 9.17) is 21.1 Å². The van der Waals surface area contributed by atoms with Gasteiger partial charge in [-0.15, -0.1) is 0 Å². The summed E-state index contributed by atoms with van der Waals surface area (Å²) in [5.74, 6) is 2.89. The number of allylic oxidation sites excluding steroid dienone is 1. The van der Waals surface area contributed by atoms with Gasteiger partial charge in [-0.3, -0.25) is 4.79 Å². The Kier molecular flexibility index (Phi) is 4.11. The lowest BCUT2D eigenvalue weighted by atomic mass is 9.72. The molecule has 2 saturated carbocycles. The highest BCUT2D eigenvalue weighted by Crippen LogP contribution is 2.43. The molecule has 1 amide bonds. The van der Waals surface area contributed by atoms with Crippen LogP contribution in [0.25, 0.3) is 0 Å². The molecule has 0 saturated heterocycles. The van der Waals surface area contributed by atoms with Crippen LogP contribution in [0.4, 0.5) is 0 Å². The van der Waals surface area contributed by atoms with Crippen molar-refractivity contribution >= 4 is 17.5 Å². The van der Waals surface area contributed by atoms with E-state index in [1.165, 1.54) is 19.3 Å². The molecule has 1 aliphatic heterocycles. The number of hydrogen-bond donors (Lipinski definition) is 0. The number of fused-ring (bicyclic) bond motifs is 3. The molecule has 1 heterocycles. The summed E-state index contributed by atoms with van der Waals surface area (Å²) in [7, 11) is 0. The Morgan fingerprint density at radius 3 is 2.77 bits per heavy atom. The zero-order valence-electron chi connectivity index (χ0n) is 14.9. The number of carbonyl (C=O) groups excluding carboxylic acids is 1. The van der Waals surface area contributed by atoms with Crippen LogP contribution in [0, 0.1) is 11.8 Å². The third-order valence-corrected chi connectivity index (χ3v) is 6.62. The average Bonchev–Trinajstić information content (AvgIpc) is 3.38. The van der Waals surface area contributed by atoms with Gasteiger partial charge in [0.05, 0.1) is 0 Å². The third kappa shape index (κ3) is 2.98. The molecule has 138 valence electrons. The van der Waals surface area contributed by atoms with E-state index in [-0.39, 0.29) is 12.7 Å². The van der Waals surface area contributed by atoms with E-state index >= 15 is 0 Å². The van der Waals surface area contributed by atoms with Gasteiger partial charge < -0.3 is 14.4 Å². The Hall–Kier alpha value is -1.68. The van der Waals surface area contributed by atoms with E-state index in [0.717, 1.165) is 48.5 Å². The second kappa shape index (κ2) is 6.49. The highest BCUT2D eigenvalue weighted by atomic mass is 35.5. The van der Waals surface area contributed by atoms with Crippen LogP contribution >= 0.6 is 11.6 Å². The number of benzene rings is 1. The van der Waals surface area contributed by atoms with Gasteiger partial charge in [-0.2, -0.15) is 0 Å². The van der Waals surface area contributed by atoms with Gasteiger partial charge in [0, 0.05) is 29.2 Å². The van der Waals surface area contributed by atoms with E-state index in [9.17, 15) is 4.79 Å². The van der Waals surface area contributed by atoms with E-state index in [1.807, 2.05) is 11.0 Å². The first kappa shape index (κ1) is 16.5. The summed E-state index contributed by atoms with van der Waals surface area (Å²) in [5, 5.41) is 0.642. The van der Waals surface area contributed by atoms with Gasteiger partial charge in [0.15, 0.2) is 11.5 Å². The Balaban J connectivity index is 1.40. The predicted molar refractivity (Wildman–Crippen MR) is 99.3 cm³/mol. The summed E-state index contributed by atoms with van der Waals surface area (Å²) in [6, 6.07) is 4.09. The van der Waals surface area contributed by atoms with E-state index in [0.29, 0.717) is 29.3 Å². The quantitative estimate of drug-likeness (QED) is 0.768. The SMILES string of the molecule is O=C(C1=CCC2CCCC1C2)N(Cc1cc2c(cc1Cl)OCO2)C1CC1. The number of nitrogens with zero attached hydrogens (tertiary/aromatic N) is 1. The fraction of sp³-hybridized carbons (Fsp3) is 0.571. The van der Waals surface area contributed by atoms with Crippen LogP contribution in [-0.4, -0.2) is 23.6 Å². The summed E-state index contributed by atoms with van der Waals surface area (Å²) in [4.78, 5) is 15.4. The van der Waals surface area contributed by atoms with Gasteiger partial charge in [-0.25, -0.2) is 0 Å². The summed E-state index contributed by atoms with van der Waals surface area (Å²) >= 11 is 6.46. The van der Waals surface area contributed by atoms with Crippen LogP contribution in [0.15, 0.2) is 23.8 Å². The minimum absolute atomic E-state index is 0.228. The second-order valence-corrected chi connectivity index (χ2v) is 8.49. The zero-order chi connectivity index (χ0) is 17.7. The Bertz CT molecular complexity index is 771. The largest absolute Gasteiger partial charge is 0.454 e. The fourth-order valence-electron chi connectivity index (χ4n) is 4.69. The average molecular weight is 374 g/mol. The lowest BCUT2D eigenvalue weighted by Crippen LogP contribution is -2.37. The topological polar surface area (TPSA) is 38.8 Å². The summed E-state index contributed by atoms with van der Waals surface area (Å²) < 4.78 is 10.9. The van der Waals surface area contributed by atoms with E-state index < -0.39 is 0 Å². The molecule has 0 spiro atoms. The number of halogens is 1. The Labute approximate surface area is 159 Å². The minimum atomic E-state index is 0.228. The highest BCUT2D eigenvalue weighted by molar-refractivity contribution is 6.31. The molecule has 0 N–H and O–H groups in total.